The maximum Gasteiger partial charge on any atom is 0.408 e. The van der Waals surface area contributed by atoms with E-state index < -0.39 is 11.7 Å². The van der Waals surface area contributed by atoms with Crippen LogP contribution in [0.2, 0.25) is 5.02 Å². The normalized spacial score (nSPS) is 13.8. The summed E-state index contributed by atoms with van der Waals surface area (Å²) in [6.07, 6.45) is -0.504. The van der Waals surface area contributed by atoms with E-state index in [0.717, 1.165) is 21.9 Å². The number of nitrogens with zero attached hydrogens (tertiary/aromatic N) is 4. The molecule has 0 aliphatic carbocycles. The summed E-state index contributed by atoms with van der Waals surface area (Å²) >= 11 is 7.65. The molecule has 1 amide bonds. The monoisotopic (exact) mass is 393 g/mol. The fourth-order valence-corrected chi connectivity index (χ4v) is 3.28. The number of aromatic nitrogens is 3. The summed E-state index contributed by atoms with van der Waals surface area (Å²) in [6.45, 7) is 7.58. The minimum Gasteiger partial charge on any atom is -0.444 e. The maximum absolute atomic E-state index is 11.8. The molecule has 2 aromatic rings. The molecule has 1 N–H and O–H groups in total. The number of ether oxygens (including phenoxy) is 1. The van der Waals surface area contributed by atoms with Crippen molar-refractivity contribution in [3.8, 4) is 0 Å². The third-order valence-corrected chi connectivity index (χ3v) is 4.87. The SMILES string of the molecule is Cc1cc(C2=Nn3c(CNC(=O)OC(C)(C)C)nnc3SC2)ccc1Cl. The van der Waals surface area contributed by atoms with Crippen molar-refractivity contribution >= 4 is 35.2 Å². The molecule has 1 aromatic carbocycles. The van der Waals surface area contributed by atoms with E-state index in [-0.39, 0.29) is 6.54 Å². The fraction of sp³-hybridized carbons (Fsp3) is 0.412. The molecule has 0 unspecified atom stereocenters. The molecule has 0 bridgehead atoms. The molecule has 9 heteroatoms. The van der Waals surface area contributed by atoms with Gasteiger partial charge in [-0.15, -0.1) is 10.2 Å². The molecule has 138 valence electrons. The Labute approximate surface area is 161 Å². The van der Waals surface area contributed by atoms with Crippen molar-refractivity contribution in [1.29, 1.82) is 0 Å². The number of carbonyl (C=O) groups excluding carboxylic acids is 1. The maximum atomic E-state index is 11.8. The zero-order valence-electron chi connectivity index (χ0n) is 15.0. The zero-order chi connectivity index (χ0) is 18.9. The van der Waals surface area contributed by atoms with E-state index in [1.165, 1.54) is 0 Å². The Hall–Kier alpha value is -2.06. The number of hydrogen-bond acceptors (Lipinski definition) is 6. The van der Waals surface area contributed by atoms with Gasteiger partial charge in [0.05, 0.1) is 12.3 Å². The summed E-state index contributed by atoms with van der Waals surface area (Å²) < 4.78 is 6.89. The van der Waals surface area contributed by atoms with Crippen LogP contribution in [0.25, 0.3) is 0 Å². The lowest BCUT2D eigenvalue weighted by atomic mass is 10.1. The fourth-order valence-electron chi connectivity index (χ4n) is 2.31. The highest BCUT2D eigenvalue weighted by Crippen LogP contribution is 2.25. The lowest BCUT2D eigenvalue weighted by Crippen LogP contribution is -2.32. The van der Waals surface area contributed by atoms with Gasteiger partial charge < -0.3 is 10.1 Å². The van der Waals surface area contributed by atoms with Crippen molar-refractivity contribution in [3.63, 3.8) is 0 Å². The second-order valence-electron chi connectivity index (χ2n) is 6.87. The molecule has 0 atom stereocenters. The lowest BCUT2D eigenvalue weighted by molar-refractivity contribution is 0.0521. The second-order valence-corrected chi connectivity index (χ2v) is 8.22. The van der Waals surface area contributed by atoms with Gasteiger partial charge in [0.1, 0.15) is 5.60 Å². The van der Waals surface area contributed by atoms with Crippen molar-refractivity contribution in [3.05, 3.63) is 40.2 Å². The number of nitrogens with one attached hydrogen (secondary N) is 1. The van der Waals surface area contributed by atoms with Gasteiger partial charge in [-0.25, -0.2) is 4.79 Å². The molecule has 3 rings (SSSR count). The van der Waals surface area contributed by atoms with Crippen LogP contribution in [0, 0.1) is 6.92 Å². The first-order chi connectivity index (χ1) is 12.2. The van der Waals surface area contributed by atoms with Gasteiger partial charge >= 0.3 is 6.09 Å². The van der Waals surface area contributed by atoms with Gasteiger partial charge in [0.15, 0.2) is 5.82 Å². The number of alkyl carbamates (subject to hydrolysis) is 1. The smallest absolute Gasteiger partial charge is 0.408 e. The van der Waals surface area contributed by atoms with Crippen LogP contribution in [0.5, 0.6) is 0 Å². The molecule has 0 radical (unpaired) electrons. The number of hydrogen-bond donors (Lipinski definition) is 1. The van der Waals surface area contributed by atoms with Gasteiger partial charge in [-0.2, -0.15) is 9.78 Å². The summed E-state index contributed by atoms with van der Waals surface area (Å²) in [5.74, 6) is 1.24. The van der Waals surface area contributed by atoms with Crippen LogP contribution in [0.15, 0.2) is 28.5 Å². The first-order valence-corrected chi connectivity index (χ1v) is 9.47. The highest BCUT2D eigenvalue weighted by atomic mass is 35.5. The molecular formula is C17H20ClN5O2S. The van der Waals surface area contributed by atoms with Gasteiger partial charge in [0, 0.05) is 10.8 Å². The average Bonchev–Trinajstić information content (AvgIpc) is 2.96. The van der Waals surface area contributed by atoms with E-state index in [2.05, 4.69) is 20.6 Å². The van der Waals surface area contributed by atoms with Gasteiger partial charge in [-0.3, -0.25) is 0 Å². The van der Waals surface area contributed by atoms with Crippen molar-refractivity contribution in [2.24, 2.45) is 5.10 Å². The van der Waals surface area contributed by atoms with Crippen molar-refractivity contribution in [1.82, 2.24) is 20.2 Å². The number of carbonyl (C=O) groups is 1. The summed E-state index contributed by atoms with van der Waals surface area (Å²) in [7, 11) is 0. The van der Waals surface area contributed by atoms with Crippen LogP contribution < -0.4 is 5.32 Å². The Morgan fingerprint density at radius 2 is 2.15 bits per heavy atom. The van der Waals surface area contributed by atoms with E-state index in [1.807, 2.05) is 45.9 Å². The number of aryl methyl sites for hydroxylation is 1. The van der Waals surface area contributed by atoms with Crippen LogP contribution in [0.4, 0.5) is 4.79 Å². The molecule has 1 aromatic heterocycles. The molecule has 0 spiro atoms. The highest BCUT2D eigenvalue weighted by molar-refractivity contribution is 7.99. The molecule has 0 saturated heterocycles. The van der Waals surface area contributed by atoms with Crippen LogP contribution in [-0.4, -0.2) is 38.0 Å². The highest BCUT2D eigenvalue weighted by Gasteiger charge is 2.21. The number of fused-ring (bicyclic) bond motifs is 1. The van der Waals surface area contributed by atoms with E-state index in [1.54, 1.807) is 16.4 Å². The van der Waals surface area contributed by atoms with E-state index in [9.17, 15) is 4.79 Å². The number of thioether (sulfide) groups is 1. The molecule has 2 heterocycles. The van der Waals surface area contributed by atoms with Crippen LogP contribution in [0.1, 0.15) is 37.7 Å². The van der Waals surface area contributed by atoms with Gasteiger partial charge in [-0.05, 0) is 51.0 Å². The topological polar surface area (TPSA) is 81.4 Å². The zero-order valence-corrected chi connectivity index (χ0v) is 16.6. The van der Waals surface area contributed by atoms with Gasteiger partial charge in [0.2, 0.25) is 5.16 Å². The van der Waals surface area contributed by atoms with Gasteiger partial charge in [0.25, 0.3) is 0 Å². The van der Waals surface area contributed by atoms with Crippen molar-refractivity contribution < 1.29 is 9.53 Å². The Morgan fingerprint density at radius 3 is 2.85 bits per heavy atom. The Morgan fingerprint density at radius 1 is 1.38 bits per heavy atom. The number of halogens is 1. The Balaban J connectivity index is 1.78. The van der Waals surface area contributed by atoms with Crippen molar-refractivity contribution in [2.45, 2.75) is 45.0 Å². The number of benzene rings is 1. The quantitative estimate of drug-likeness (QED) is 0.861. The molecule has 7 nitrogen and oxygen atoms in total. The summed E-state index contributed by atoms with van der Waals surface area (Å²) in [5, 5.41) is 17.0. The molecule has 0 fully saturated rings. The van der Waals surface area contributed by atoms with Crippen LogP contribution in [-0.2, 0) is 11.3 Å². The Kier molecular flexibility index (Phi) is 5.24. The van der Waals surface area contributed by atoms with Crippen LogP contribution in [0.3, 0.4) is 0 Å². The predicted octanol–water partition coefficient (Wildman–Crippen LogP) is 3.62. The third kappa shape index (κ3) is 4.37. The standard InChI is InChI=1S/C17H20ClN5O2S/c1-10-7-11(5-6-12(10)18)13-9-26-15-21-20-14(23(15)22-13)8-19-16(24)25-17(2,3)4/h5-7H,8-9H2,1-4H3,(H,19,24). The third-order valence-electron chi connectivity index (χ3n) is 3.52. The molecule has 0 saturated carbocycles. The van der Waals surface area contributed by atoms with E-state index in [0.29, 0.717) is 16.7 Å². The minimum atomic E-state index is -0.554. The predicted molar refractivity (Wildman–Crippen MR) is 102 cm³/mol. The van der Waals surface area contributed by atoms with Crippen molar-refractivity contribution in [2.75, 3.05) is 5.75 Å². The first kappa shape index (κ1) is 18.7. The summed E-state index contributed by atoms with van der Waals surface area (Å²) in [6, 6.07) is 5.82. The lowest BCUT2D eigenvalue weighted by Gasteiger charge is -2.19. The largest absolute Gasteiger partial charge is 0.444 e. The van der Waals surface area contributed by atoms with E-state index >= 15 is 0 Å². The minimum absolute atomic E-state index is 0.179. The van der Waals surface area contributed by atoms with E-state index in [4.69, 9.17) is 16.3 Å². The molecular weight excluding hydrogens is 374 g/mol. The number of amides is 1. The average molecular weight is 394 g/mol. The summed E-state index contributed by atoms with van der Waals surface area (Å²) in [4.78, 5) is 11.8. The Bertz CT molecular complexity index is 873. The molecule has 1 aliphatic rings. The van der Waals surface area contributed by atoms with Crippen LogP contribution >= 0.6 is 23.4 Å². The molecule has 1 aliphatic heterocycles. The summed E-state index contributed by atoms with van der Waals surface area (Å²) in [5.41, 5.74) is 2.35. The first-order valence-electron chi connectivity index (χ1n) is 8.11. The second kappa shape index (κ2) is 7.28. The number of rotatable bonds is 3. The van der Waals surface area contributed by atoms with Gasteiger partial charge in [-0.1, -0.05) is 29.4 Å². The molecule has 26 heavy (non-hydrogen) atoms.